The van der Waals surface area contributed by atoms with E-state index in [4.69, 9.17) is 9.47 Å². The number of hydrogen-bond donors (Lipinski definition) is 1. The number of allylic oxidation sites excluding steroid dienone is 1. The van der Waals surface area contributed by atoms with Crippen LogP contribution >= 0.6 is 0 Å². The number of nitrogens with one attached hydrogen (secondary N) is 1. The number of methoxy groups -OCH3 is 1. The minimum atomic E-state index is -0.714. The summed E-state index contributed by atoms with van der Waals surface area (Å²) in [5.41, 5.74) is 3.68. The summed E-state index contributed by atoms with van der Waals surface area (Å²) in [4.78, 5) is 27.2. The Morgan fingerprint density at radius 1 is 0.970 bits per heavy atom. The molecule has 1 N–H and O–H groups in total. The van der Waals surface area contributed by atoms with Crippen LogP contribution in [0.25, 0.3) is 5.57 Å². The van der Waals surface area contributed by atoms with Gasteiger partial charge in [0.25, 0.3) is 5.91 Å². The van der Waals surface area contributed by atoms with Crippen LogP contribution in [-0.2, 0) is 16.1 Å². The van der Waals surface area contributed by atoms with Gasteiger partial charge in [-0.05, 0) is 47.9 Å². The normalized spacial score (nSPS) is 17.8. The minimum Gasteiger partial charge on any atom is -0.497 e. The Morgan fingerprint density at radius 3 is 2.24 bits per heavy atom. The van der Waals surface area contributed by atoms with Crippen LogP contribution in [0.2, 0.25) is 0 Å². The molecule has 168 valence electrons. The summed E-state index contributed by atoms with van der Waals surface area (Å²) in [6, 6.07) is 25.6. The smallest absolute Gasteiger partial charge is 0.408 e. The number of hydrogen-bond acceptors (Lipinski definition) is 4. The van der Waals surface area contributed by atoms with Crippen LogP contribution < -0.4 is 15.0 Å². The number of ether oxygens (including phenoxy) is 2. The lowest BCUT2D eigenvalue weighted by Gasteiger charge is -2.45. The maximum absolute atomic E-state index is 13.0. The molecule has 0 aliphatic carbocycles. The number of rotatable bonds is 7. The second-order valence-electron chi connectivity index (χ2n) is 7.80. The number of nitrogens with zero attached hydrogens (tertiary/aromatic N) is 1. The average molecular weight is 443 g/mol. The molecule has 3 aromatic rings. The SMILES string of the molecule is COc1ccc(N2C(=O)C(NC(=O)OCc3ccccc3)C2/C=C(/C)c2ccccc2)cc1. The summed E-state index contributed by atoms with van der Waals surface area (Å²) in [6.07, 6.45) is 1.38. The molecular weight excluding hydrogens is 416 g/mol. The first-order valence-electron chi connectivity index (χ1n) is 10.7. The van der Waals surface area contributed by atoms with E-state index in [1.165, 1.54) is 0 Å². The molecule has 2 amide bonds. The highest BCUT2D eigenvalue weighted by Crippen LogP contribution is 2.32. The van der Waals surface area contributed by atoms with Crippen molar-refractivity contribution in [3.63, 3.8) is 0 Å². The van der Waals surface area contributed by atoms with Gasteiger partial charge in [-0.3, -0.25) is 4.79 Å². The van der Waals surface area contributed by atoms with Gasteiger partial charge in [-0.1, -0.05) is 66.7 Å². The molecule has 2 atom stereocenters. The zero-order valence-electron chi connectivity index (χ0n) is 18.6. The Bertz CT molecular complexity index is 1130. The van der Waals surface area contributed by atoms with Gasteiger partial charge in [0.05, 0.1) is 13.2 Å². The van der Waals surface area contributed by atoms with E-state index >= 15 is 0 Å². The van der Waals surface area contributed by atoms with Crippen LogP contribution in [-0.4, -0.2) is 31.2 Å². The van der Waals surface area contributed by atoms with Gasteiger partial charge in [-0.2, -0.15) is 0 Å². The molecule has 1 aliphatic rings. The van der Waals surface area contributed by atoms with E-state index in [1.807, 2.05) is 97.9 Å². The average Bonchev–Trinajstić information content (AvgIpc) is 2.87. The number of β-lactam (4-membered cyclic amide) rings is 1. The summed E-state index contributed by atoms with van der Waals surface area (Å²) < 4.78 is 10.6. The lowest BCUT2D eigenvalue weighted by atomic mass is 9.90. The molecule has 2 unspecified atom stereocenters. The Kier molecular flexibility index (Phi) is 6.74. The van der Waals surface area contributed by atoms with E-state index in [-0.39, 0.29) is 18.6 Å². The van der Waals surface area contributed by atoms with Crippen molar-refractivity contribution in [2.24, 2.45) is 0 Å². The molecule has 1 aliphatic heterocycles. The Morgan fingerprint density at radius 2 is 1.61 bits per heavy atom. The van der Waals surface area contributed by atoms with Gasteiger partial charge in [0.1, 0.15) is 18.4 Å². The Balaban J connectivity index is 1.53. The number of anilines is 1. The minimum absolute atomic E-state index is 0.138. The lowest BCUT2D eigenvalue weighted by Crippen LogP contribution is -2.70. The molecule has 6 heteroatoms. The first-order valence-corrected chi connectivity index (χ1v) is 10.7. The molecule has 0 saturated carbocycles. The van der Waals surface area contributed by atoms with Gasteiger partial charge in [-0.15, -0.1) is 0 Å². The van der Waals surface area contributed by atoms with E-state index < -0.39 is 12.1 Å². The highest BCUT2D eigenvalue weighted by molar-refractivity contribution is 6.08. The first-order chi connectivity index (χ1) is 16.1. The number of alkyl carbamates (subject to hydrolysis) is 1. The summed E-state index contributed by atoms with van der Waals surface area (Å²) in [5, 5.41) is 2.74. The molecule has 1 saturated heterocycles. The largest absolute Gasteiger partial charge is 0.497 e. The zero-order valence-corrected chi connectivity index (χ0v) is 18.6. The van der Waals surface area contributed by atoms with E-state index in [1.54, 1.807) is 12.0 Å². The zero-order chi connectivity index (χ0) is 23.2. The van der Waals surface area contributed by atoms with Crippen molar-refractivity contribution in [1.82, 2.24) is 5.32 Å². The third kappa shape index (κ3) is 5.06. The molecule has 6 nitrogen and oxygen atoms in total. The third-order valence-corrected chi connectivity index (χ3v) is 5.63. The van der Waals surface area contributed by atoms with Crippen molar-refractivity contribution >= 4 is 23.3 Å². The lowest BCUT2D eigenvalue weighted by molar-refractivity contribution is -0.126. The molecule has 0 bridgehead atoms. The summed E-state index contributed by atoms with van der Waals surface area (Å²) in [5.74, 6) is 0.511. The predicted octanol–water partition coefficient (Wildman–Crippen LogP) is 4.81. The molecule has 0 radical (unpaired) electrons. The molecule has 3 aromatic carbocycles. The van der Waals surface area contributed by atoms with Crippen molar-refractivity contribution in [2.45, 2.75) is 25.6 Å². The molecular formula is C27H26N2O4. The van der Waals surface area contributed by atoms with Crippen LogP contribution in [0.15, 0.2) is 91.0 Å². The highest BCUT2D eigenvalue weighted by Gasteiger charge is 2.48. The van der Waals surface area contributed by atoms with E-state index in [0.717, 1.165) is 22.4 Å². The fraction of sp³-hybridized carbons (Fsp3) is 0.185. The summed E-state index contributed by atoms with van der Waals surface area (Å²) >= 11 is 0. The van der Waals surface area contributed by atoms with E-state index in [2.05, 4.69) is 5.32 Å². The Hall–Kier alpha value is -4.06. The molecule has 1 heterocycles. The second-order valence-corrected chi connectivity index (χ2v) is 7.80. The van der Waals surface area contributed by atoms with Crippen LogP contribution in [0.4, 0.5) is 10.5 Å². The summed E-state index contributed by atoms with van der Waals surface area (Å²) in [6.45, 7) is 2.13. The second kappa shape index (κ2) is 10.0. The van der Waals surface area contributed by atoms with Gasteiger partial charge >= 0.3 is 6.09 Å². The third-order valence-electron chi connectivity index (χ3n) is 5.63. The molecule has 1 fully saturated rings. The molecule has 33 heavy (non-hydrogen) atoms. The predicted molar refractivity (Wildman–Crippen MR) is 128 cm³/mol. The van der Waals surface area contributed by atoms with Crippen molar-refractivity contribution in [3.05, 3.63) is 102 Å². The maximum atomic E-state index is 13.0. The number of carbonyl (C=O) groups excluding carboxylic acids is 2. The topological polar surface area (TPSA) is 67.9 Å². The first kappa shape index (κ1) is 22.1. The van der Waals surface area contributed by atoms with E-state index in [9.17, 15) is 9.59 Å². The van der Waals surface area contributed by atoms with Gasteiger partial charge in [-0.25, -0.2) is 4.79 Å². The fourth-order valence-electron chi connectivity index (χ4n) is 3.82. The van der Waals surface area contributed by atoms with Crippen molar-refractivity contribution in [3.8, 4) is 5.75 Å². The fourth-order valence-corrected chi connectivity index (χ4v) is 3.82. The van der Waals surface area contributed by atoms with E-state index in [0.29, 0.717) is 5.75 Å². The molecule has 0 aromatic heterocycles. The highest BCUT2D eigenvalue weighted by atomic mass is 16.5. The number of carbonyl (C=O) groups is 2. The van der Waals surface area contributed by atoms with Gasteiger partial charge in [0.2, 0.25) is 0 Å². The molecule has 0 spiro atoms. The summed E-state index contributed by atoms with van der Waals surface area (Å²) in [7, 11) is 1.60. The van der Waals surface area contributed by atoms with Gasteiger partial charge in [0, 0.05) is 5.69 Å². The van der Waals surface area contributed by atoms with Crippen LogP contribution in [0.5, 0.6) is 5.75 Å². The standard InChI is InChI=1S/C27H26N2O4/c1-19(21-11-7-4-8-12-21)17-24-25(28-27(31)33-18-20-9-5-3-6-10-20)26(30)29(24)22-13-15-23(32-2)16-14-22/h3-17,24-25H,18H2,1-2H3,(H,28,31)/b19-17-. The number of benzene rings is 3. The van der Waals surface area contributed by atoms with Crippen molar-refractivity contribution in [1.29, 1.82) is 0 Å². The van der Waals surface area contributed by atoms with Crippen molar-refractivity contribution < 1.29 is 19.1 Å². The molecule has 4 rings (SSSR count). The number of amides is 2. The van der Waals surface area contributed by atoms with Crippen LogP contribution in [0.1, 0.15) is 18.1 Å². The van der Waals surface area contributed by atoms with Crippen LogP contribution in [0, 0.1) is 0 Å². The van der Waals surface area contributed by atoms with Gasteiger partial charge < -0.3 is 19.7 Å². The maximum Gasteiger partial charge on any atom is 0.408 e. The van der Waals surface area contributed by atoms with Gasteiger partial charge in [0.15, 0.2) is 0 Å². The quantitative estimate of drug-likeness (QED) is 0.534. The van der Waals surface area contributed by atoms with Crippen molar-refractivity contribution in [2.75, 3.05) is 12.0 Å². The Labute approximate surface area is 193 Å². The van der Waals surface area contributed by atoms with Crippen LogP contribution in [0.3, 0.4) is 0 Å². The monoisotopic (exact) mass is 442 g/mol.